The molecule has 0 aliphatic carbocycles. The lowest BCUT2D eigenvalue weighted by molar-refractivity contribution is -0.113. The smallest absolute Gasteiger partial charge is 0.296 e. The quantitative estimate of drug-likeness (QED) is 0.213. The lowest BCUT2D eigenvalue weighted by atomic mass is 10.2. The third-order valence-electron chi connectivity index (χ3n) is 6.85. The van der Waals surface area contributed by atoms with Gasteiger partial charge >= 0.3 is 0 Å². The molecule has 2 aromatic carbocycles. The van der Waals surface area contributed by atoms with Crippen molar-refractivity contribution in [2.75, 3.05) is 4.90 Å². The monoisotopic (exact) mass is 581 g/mol. The van der Waals surface area contributed by atoms with Crippen LogP contribution < -0.4 is 20.8 Å². The standard InChI is InChI=1S/C30H23N5O4S2/c1-18-11-7-8-14-22(18)39-26-21(27(36)33-16-10-9-15-24(33)31-26)17-23-28(37)34(30(40)41-23)25-19(2)32(3)35(29(25)38)20-12-5-4-6-13-20/h4-17H,1-3H3/b23-17+. The summed E-state index contributed by atoms with van der Waals surface area (Å²) in [6, 6.07) is 21.7. The number of carbonyl (C=O) groups is 1. The first-order valence-electron chi connectivity index (χ1n) is 12.6. The normalized spacial score (nSPS) is 14.4. The van der Waals surface area contributed by atoms with E-state index in [9.17, 15) is 14.4 Å². The summed E-state index contributed by atoms with van der Waals surface area (Å²) in [5.41, 5.74) is 1.92. The van der Waals surface area contributed by atoms with E-state index in [1.165, 1.54) is 20.1 Å². The molecule has 0 radical (unpaired) electrons. The number of aryl methyl sites for hydroxylation is 1. The molecule has 1 amide bonds. The van der Waals surface area contributed by atoms with Crippen LogP contribution in [0.2, 0.25) is 0 Å². The molecule has 11 heteroatoms. The summed E-state index contributed by atoms with van der Waals surface area (Å²) in [4.78, 5) is 47.1. The SMILES string of the molecule is Cc1ccccc1Oc1nc2ccccn2c(=O)c1/C=C1/SC(=S)N(c2c(C)n(C)n(-c3ccccc3)c2=O)C1=O. The third kappa shape index (κ3) is 4.48. The van der Waals surface area contributed by atoms with Crippen LogP contribution in [0.1, 0.15) is 16.8 Å². The summed E-state index contributed by atoms with van der Waals surface area (Å²) < 4.78 is 10.9. The number of fused-ring (bicyclic) bond motifs is 1. The van der Waals surface area contributed by atoms with Gasteiger partial charge in [0.15, 0.2) is 4.32 Å². The van der Waals surface area contributed by atoms with Crippen LogP contribution in [0.3, 0.4) is 0 Å². The van der Waals surface area contributed by atoms with Crippen molar-refractivity contribution in [2.45, 2.75) is 13.8 Å². The maximum absolute atomic E-state index is 13.8. The van der Waals surface area contributed by atoms with Crippen molar-refractivity contribution in [1.82, 2.24) is 18.7 Å². The van der Waals surface area contributed by atoms with Gasteiger partial charge in [0, 0.05) is 13.2 Å². The molecule has 0 atom stereocenters. The number of aromatic nitrogens is 4. The van der Waals surface area contributed by atoms with Gasteiger partial charge in [0.2, 0.25) is 5.88 Å². The molecule has 5 aromatic rings. The number of amides is 1. The van der Waals surface area contributed by atoms with Gasteiger partial charge in [-0.1, -0.05) is 66.4 Å². The fraction of sp³-hybridized carbons (Fsp3) is 0.100. The molecule has 1 fully saturated rings. The van der Waals surface area contributed by atoms with Crippen molar-refractivity contribution in [3.8, 4) is 17.3 Å². The number of benzene rings is 2. The minimum absolute atomic E-state index is 0.0584. The van der Waals surface area contributed by atoms with E-state index in [0.717, 1.165) is 17.3 Å². The van der Waals surface area contributed by atoms with E-state index in [4.69, 9.17) is 17.0 Å². The first-order valence-corrected chi connectivity index (χ1v) is 13.9. The Kier molecular flexibility index (Phi) is 6.68. The number of nitrogens with zero attached hydrogens (tertiary/aromatic N) is 5. The van der Waals surface area contributed by atoms with Crippen molar-refractivity contribution in [1.29, 1.82) is 0 Å². The Hall–Kier alpha value is -4.74. The highest BCUT2D eigenvalue weighted by atomic mass is 32.2. The second kappa shape index (κ2) is 10.3. The van der Waals surface area contributed by atoms with Crippen LogP contribution in [0.25, 0.3) is 17.4 Å². The number of thiocarbonyl (C=S) groups is 1. The lowest BCUT2D eigenvalue weighted by Crippen LogP contribution is -2.33. The van der Waals surface area contributed by atoms with Gasteiger partial charge in [0.1, 0.15) is 22.6 Å². The predicted octanol–water partition coefficient (Wildman–Crippen LogP) is 5.00. The highest BCUT2D eigenvalue weighted by molar-refractivity contribution is 8.27. The molecule has 3 aromatic heterocycles. The van der Waals surface area contributed by atoms with Gasteiger partial charge in [-0.05, 0) is 55.8 Å². The van der Waals surface area contributed by atoms with E-state index in [1.54, 1.807) is 49.1 Å². The van der Waals surface area contributed by atoms with Crippen molar-refractivity contribution < 1.29 is 9.53 Å². The molecule has 41 heavy (non-hydrogen) atoms. The van der Waals surface area contributed by atoms with Gasteiger partial charge < -0.3 is 4.74 Å². The van der Waals surface area contributed by atoms with E-state index in [2.05, 4.69) is 4.98 Å². The maximum atomic E-state index is 13.8. The Morgan fingerprint density at radius 3 is 2.37 bits per heavy atom. The molecule has 1 aliphatic rings. The zero-order valence-electron chi connectivity index (χ0n) is 22.3. The summed E-state index contributed by atoms with van der Waals surface area (Å²) >= 11 is 6.60. The van der Waals surface area contributed by atoms with Crippen LogP contribution in [-0.4, -0.2) is 29.0 Å². The number of carbonyl (C=O) groups excluding carboxylic acids is 1. The predicted molar refractivity (Wildman–Crippen MR) is 164 cm³/mol. The Morgan fingerprint density at radius 1 is 0.902 bits per heavy atom. The molecular formula is C30H23N5O4S2. The maximum Gasteiger partial charge on any atom is 0.296 e. The molecule has 0 unspecified atom stereocenters. The van der Waals surface area contributed by atoms with Crippen LogP contribution >= 0.6 is 24.0 Å². The van der Waals surface area contributed by atoms with E-state index < -0.39 is 11.5 Å². The van der Waals surface area contributed by atoms with Gasteiger partial charge in [0.25, 0.3) is 17.0 Å². The number of hydrogen-bond acceptors (Lipinski definition) is 7. The molecule has 6 rings (SSSR count). The van der Waals surface area contributed by atoms with Crippen molar-refractivity contribution in [2.24, 2.45) is 7.05 Å². The van der Waals surface area contributed by atoms with Crippen LogP contribution in [0, 0.1) is 13.8 Å². The fourth-order valence-corrected chi connectivity index (χ4v) is 5.91. The molecule has 204 valence electrons. The number of thioether (sulfide) groups is 1. The summed E-state index contributed by atoms with van der Waals surface area (Å²) in [6.07, 6.45) is 3.04. The Morgan fingerprint density at radius 2 is 1.61 bits per heavy atom. The Balaban J connectivity index is 1.47. The van der Waals surface area contributed by atoms with Crippen molar-refractivity contribution in [3.63, 3.8) is 0 Å². The average molecular weight is 582 g/mol. The van der Waals surface area contributed by atoms with Crippen molar-refractivity contribution in [3.05, 3.63) is 121 Å². The highest BCUT2D eigenvalue weighted by Gasteiger charge is 2.38. The van der Waals surface area contributed by atoms with Crippen LogP contribution in [-0.2, 0) is 11.8 Å². The van der Waals surface area contributed by atoms with Crippen LogP contribution in [0.5, 0.6) is 11.6 Å². The second-order valence-electron chi connectivity index (χ2n) is 9.36. The number of hydrogen-bond donors (Lipinski definition) is 0. The number of ether oxygens (including phenoxy) is 1. The van der Waals surface area contributed by atoms with E-state index in [1.807, 2.05) is 55.5 Å². The number of para-hydroxylation sites is 2. The van der Waals surface area contributed by atoms with E-state index in [0.29, 0.717) is 22.8 Å². The summed E-state index contributed by atoms with van der Waals surface area (Å²) in [5.74, 6) is 0.0803. The molecule has 9 nitrogen and oxygen atoms in total. The van der Waals surface area contributed by atoms with Crippen LogP contribution in [0.15, 0.2) is 93.5 Å². The number of anilines is 1. The summed E-state index contributed by atoms with van der Waals surface area (Å²) in [5, 5.41) is 0. The number of pyridine rings is 1. The largest absolute Gasteiger partial charge is 0.438 e. The minimum atomic E-state index is -0.509. The zero-order chi connectivity index (χ0) is 28.8. The molecule has 4 heterocycles. The molecule has 1 saturated heterocycles. The highest BCUT2D eigenvalue weighted by Crippen LogP contribution is 2.37. The van der Waals surface area contributed by atoms with Crippen LogP contribution in [0.4, 0.5) is 5.69 Å². The molecule has 0 N–H and O–H groups in total. The molecule has 0 saturated carbocycles. The van der Waals surface area contributed by atoms with Gasteiger partial charge in [0.05, 0.1) is 16.3 Å². The Bertz CT molecular complexity index is 2020. The average Bonchev–Trinajstić information content (AvgIpc) is 3.36. The van der Waals surface area contributed by atoms with Crippen molar-refractivity contribution >= 4 is 51.6 Å². The zero-order valence-corrected chi connectivity index (χ0v) is 23.9. The molecule has 0 spiro atoms. The van der Waals surface area contributed by atoms with Gasteiger partial charge in [-0.2, -0.15) is 4.98 Å². The third-order valence-corrected chi connectivity index (χ3v) is 8.15. The number of rotatable bonds is 5. The van der Waals surface area contributed by atoms with Gasteiger partial charge in [-0.15, -0.1) is 0 Å². The lowest BCUT2D eigenvalue weighted by Gasteiger charge is -2.13. The summed E-state index contributed by atoms with van der Waals surface area (Å²) in [6.45, 7) is 3.64. The molecular weight excluding hydrogens is 558 g/mol. The molecule has 0 bridgehead atoms. The molecule has 1 aliphatic heterocycles. The minimum Gasteiger partial charge on any atom is -0.438 e. The fourth-order valence-electron chi connectivity index (χ4n) is 4.66. The topological polar surface area (TPSA) is 90.8 Å². The van der Waals surface area contributed by atoms with E-state index >= 15 is 0 Å². The summed E-state index contributed by atoms with van der Waals surface area (Å²) in [7, 11) is 1.75. The first-order chi connectivity index (χ1) is 19.8. The second-order valence-corrected chi connectivity index (χ2v) is 11.0. The van der Waals surface area contributed by atoms with Gasteiger partial charge in [-0.3, -0.25) is 28.4 Å². The van der Waals surface area contributed by atoms with Gasteiger partial charge in [-0.25, -0.2) is 4.68 Å². The Labute approximate surface area is 243 Å². The first kappa shape index (κ1) is 26.5. The van der Waals surface area contributed by atoms with E-state index in [-0.39, 0.29) is 31.9 Å².